The maximum atomic E-state index is 11.0. The molecule has 0 fully saturated rings. The number of esters is 2. The standard InChI is InChI=1S/C8H18N4O3/c9-5(10)1-3-7(13)15-8(14)4-2-6(11)12/h5-6H,1-4,9-12H2. The lowest BCUT2D eigenvalue weighted by Gasteiger charge is -2.06. The minimum absolute atomic E-state index is 0.0259. The van der Waals surface area contributed by atoms with Crippen molar-refractivity contribution >= 4 is 11.9 Å². The predicted octanol–water partition coefficient (Wildman–Crippen LogP) is -1.90. The van der Waals surface area contributed by atoms with Gasteiger partial charge >= 0.3 is 11.9 Å². The van der Waals surface area contributed by atoms with E-state index < -0.39 is 24.3 Å². The lowest BCUT2D eigenvalue weighted by atomic mass is 10.2. The van der Waals surface area contributed by atoms with Gasteiger partial charge in [-0.1, -0.05) is 0 Å². The van der Waals surface area contributed by atoms with E-state index in [1.807, 2.05) is 0 Å². The van der Waals surface area contributed by atoms with Gasteiger partial charge in [0.15, 0.2) is 0 Å². The Balaban J connectivity index is 3.63. The van der Waals surface area contributed by atoms with Crippen molar-refractivity contribution in [2.45, 2.75) is 38.0 Å². The molecular weight excluding hydrogens is 200 g/mol. The number of rotatable bonds is 6. The first-order chi connectivity index (χ1) is 6.91. The molecule has 0 amide bonds. The molecule has 0 aromatic heterocycles. The van der Waals surface area contributed by atoms with Gasteiger partial charge in [-0.15, -0.1) is 0 Å². The maximum absolute atomic E-state index is 11.0. The van der Waals surface area contributed by atoms with Gasteiger partial charge in [0.1, 0.15) is 0 Å². The lowest BCUT2D eigenvalue weighted by Crippen LogP contribution is -2.32. The van der Waals surface area contributed by atoms with Gasteiger partial charge in [-0.2, -0.15) is 0 Å². The van der Waals surface area contributed by atoms with E-state index in [0.29, 0.717) is 0 Å². The first kappa shape index (κ1) is 14.0. The molecule has 0 spiro atoms. The molecule has 0 bridgehead atoms. The molecule has 0 saturated carbocycles. The fourth-order valence-electron chi connectivity index (χ4n) is 0.798. The van der Waals surface area contributed by atoms with Crippen LogP contribution in [0, 0.1) is 0 Å². The summed E-state index contributed by atoms with van der Waals surface area (Å²) in [7, 11) is 0. The van der Waals surface area contributed by atoms with E-state index in [4.69, 9.17) is 22.9 Å². The van der Waals surface area contributed by atoms with E-state index in [0.717, 1.165) is 0 Å². The second-order valence-electron chi connectivity index (χ2n) is 3.25. The van der Waals surface area contributed by atoms with Crippen molar-refractivity contribution in [3.8, 4) is 0 Å². The fourth-order valence-corrected chi connectivity index (χ4v) is 0.798. The monoisotopic (exact) mass is 218 g/mol. The van der Waals surface area contributed by atoms with Gasteiger partial charge in [0.2, 0.25) is 0 Å². The molecule has 88 valence electrons. The molecule has 0 aromatic rings. The van der Waals surface area contributed by atoms with Crippen LogP contribution in [0.1, 0.15) is 25.7 Å². The summed E-state index contributed by atoms with van der Waals surface area (Å²) in [5.74, 6) is -1.27. The molecule has 0 heterocycles. The van der Waals surface area contributed by atoms with Crippen LogP contribution in [0.2, 0.25) is 0 Å². The van der Waals surface area contributed by atoms with Gasteiger partial charge in [-0.3, -0.25) is 9.59 Å². The summed E-state index contributed by atoms with van der Waals surface area (Å²) in [6.45, 7) is 0. The Kier molecular flexibility index (Phi) is 6.80. The van der Waals surface area contributed by atoms with Crippen LogP contribution in [0.5, 0.6) is 0 Å². The Hall–Kier alpha value is -1.02. The van der Waals surface area contributed by atoms with Crippen LogP contribution in [0.15, 0.2) is 0 Å². The quantitative estimate of drug-likeness (QED) is 0.231. The largest absolute Gasteiger partial charge is 0.393 e. The van der Waals surface area contributed by atoms with Crippen molar-refractivity contribution in [1.82, 2.24) is 0 Å². The molecule has 0 aliphatic rings. The fraction of sp³-hybridized carbons (Fsp3) is 0.750. The first-order valence-corrected chi connectivity index (χ1v) is 4.67. The predicted molar refractivity (Wildman–Crippen MR) is 53.9 cm³/mol. The van der Waals surface area contributed by atoms with Crippen LogP contribution in [0.4, 0.5) is 0 Å². The van der Waals surface area contributed by atoms with Crippen molar-refractivity contribution < 1.29 is 14.3 Å². The number of ether oxygens (including phenoxy) is 1. The maximum Gasteiger partial charge on any atom is 0.313 e. The van der Waals surface area contributed by atoms with Crippen LogP contribution >= 0.6 is 0 Å². The molecule has 0 unspecified atom stereocenters. The zero-order chi connectivity index (χ0) is 11.8. The highest BCUT2D eigenvalue weighted by molar-refractivity contribution is 5.85. The van der Waals surface area contributed by atoms with Gasteiger partial charge in [-0.25, -0.2) is 0 Å². The molecule has 0 atom stereocenters. The highest BCUT2D eigenvalue weighted by Crippen LogP contribution is 1.98. The molecule has 0 aliphatic heterocycles. The summed E-state index contributed by atoms with van der Waals surface area (Å²) in [5, 5.41) is 0. The molecule has 0 aromatic carbocycles. The van der Waals surface area contributed by atoms with E-state index in [1.165, 1.54) is 0 Å². The average Bonchev–Trinajstić information content (AvgIpc) is 2.11. The zero-order valence-corrected chi connectivity index (χ0v) is 8.52. The Bertz CT molecular complexity index is 196. The summed E-state index contributed by atoms with van der Waals surface area (Å²) in [5.41, 5.74) is 20.9. The number of carbonyl (C=O) groups excluding carboxylic acids is 2. The second-order valence-corrected chi connectivity index (χ2v) is 3.25. The number of hydrogen-bond acceptors (Lipinski definition) is 7. The van der Waals surface area contributed by atoms with Crippen LogP contribution < -0.4 is 22.9 Å². The van der Waals surface area contributed by atoms with Gasteiger partial charge in [0.25, 0.3) is 0 Å². The van der Waals surface area contributed by atoms with Crippen molar-refractivity contribution in [2.75, 3.05) is 0 Å². The third-order valence-electron chi connectivity index (χ3n) is 1.59. The topological polar surface area (TPSA) is 147 Å². The minimum atomic E-state index is -0.633. The summed E-state index contributed by atoms with van der Waals surface area (Å²) in [6.07, 6.45) is -0.545. The molecule has 8 N–H and O–H groups in total. The van der Waals surface area contributed by atoms with Crippen LogP contribution in [-0.4, -0.2) is 24.3 Å². The van der Waals surface area contributed by atoms with Crippen LogP contribution in [-0.2, 0) is 14.3 Å². The van der Waals surface area contributed by atoms with Gasteiger partial charge in [0, 0.05) is 12.8 Å². The highest BCUT2D eigenvalue weighted by Gasteiger charge is 2.11. The molecule has 0 saturated heterocycles. The molecule has 0 rings (SSSR count). The molecule has 7 heteroatoms. The highest BCUT2D eigenvalue weighted by atomic mass is 16.6. The zero-order valence-electron chi connectivity index (χ0n) is 8.52. The molecule has 0 radical (unpaired) electrons. The summed E-state index contributed by atoms with van der Waals surface area (Å²) < 4.78 is 4.45. The normalized spacial score (nSPS) is 10.8. The Morgan fingerprint density at radius 1 is 0.867 bits per heavy atom. The SMILES string of the molecule is NC(N)CCC(=O)OC(=O)CCC(N)N. The molecule has 0 aliphatic carbocycles. The van der Waals surface area contributed by atoms with Crippen molar-refractivity contribution in [3.63, 3.8) is 0 Å². The van der Waals surface area contributed by atoms with Crippen LogP contribution in [0.3, 0.4) is 0 Å². The minimum Gasteiger partial charge on any atom is -0.393 e. The number of hydrogen-bond donors (Lipinski definition) is 4. The summed E-state index contributed by atoms with van der Waals surface area (Å²) in [4.78, 5) is 22.0. The van der Waals surface area contributed by atoms with E-state index in [1.54, 1.807) is 0 Å². The number of nitrogens with two attached hydrogens (primary N) is 4. The molecule has 15 heavy (non-hydrogen) atoms. The molecule has 7 nitrogen and oxygen atoms in total. The van der Waals surface area contributed by atoms with Crippen molar-refractivity contribution in [2.24, 2.45) is 22.9 Å². The van der Waals surface area contributed by atoms with Crippen molar-refractivity contribution in [3.05, 3.63) is 0 Å². The summed E-state index contributed by atoms with van der Waals surface area (Å²) >= 11 is 0. The van der Waals surface area contributed by atoms with Gasteiger partial charge in [-0.05, 0) is 12.8 Å². The Morgan fingerprint density at radius 2 is 1.20 bits per heavy atom. The van der Waals surface area contributed by atoms with E-state index in [-0.39, 0.29) is 25.7 Å². The smallest absolute Gasteiger partial charge is 0.313 e. The Labute approximate surface area is 88.1 Å². The summed E-state index contributed by atoms with van der Waals surface area (Å²) in [6, 6.07) is 0. The van der Waals surface area contributed by atoms with E-state index >= 15 is 0 Å². The van der Waals surface area contributed by atoms with Gasteiger partial charge < -0.3 is 27.7 Å². The third-order valence-corrected chi connectivity index (χ3v) is 1.59. The Morgan fingerprint density at radius 3 is 1.47 bits per heavy atom. The second kappa shape index (κ2) is 7.30. The average molecular weight is 218 g/mol. The van der Waals surface area contributed by atoms with E-state index in [2.05, 4.69) is 4.74 Å². The van der Waals surface area contributed by atoms with E-state index in [9.17, 15) is 9.59 Å². The van der Waals surface area contributed by atoms with Gasteiger partial charge in [0.05, 0.1) is 12.3 Å². The lowest BCUT2D eigenvalue weighted by molar-refractivity contribution is -0.159. The van der Waals surface area contributed by atoms with Crippen LogP contribution in [0.25, 0.3) is 0 Å². The third kappa shape index (κ3) is 9.29. The number of carbonyl (C=O) groups is 2. The molecular formula is C8H18N4O3. The first-order valence-electron chi connectivity index (χ1n) is 4.67. The van der Waals surface area contributed by atoms with Crippen molar-refractivity contribution in [1.29, 1.82) is 0 Å².